The fourth-order valence-corrected chi connectivity index (χ4v) is 1.88. The predicted molar refractivity (Wildman–Crippen MR) is 63.1 cm³/mol. The van der Waals surface area contributed by atoms with Crippen molar-refractivity contribution in [3.63, 3.8) is 0 Å². The first kappa shape index (κ1) is 9.09. The largest absolute Gasteiger partial charge is 0.508 e. The summed E-state index contributed by atoms with van der Waals surface area (Å²) in [6, 6.07) is 7.20. The predicted octanol–water partition coefficient (Wildman–Crippen LogP) is 2.01. The Morgan fingerprint density at radius 1 is 1.19 bits per heavy atom. The average Bonchev–Trinajstić information content (AvgIpc) is 2.73. The molecule has 3 heteroatoms. The molecule has 0 saturated heterocycles. The number of phenols is 1. The second kappa shape index (κ2) is 3.45. The molecule has 0 fully saturated rings. The number of nitrogens with one attached hydrogen (secondary N) is 1. The standard InChI is InChI=1S/C13H12N2O/c16-12-6-4-10(5-7-12)13-9-11-3-1-2-8-15(11)14-13/h1-7,9,14,16H,8H2. The van der Waals surface area contributed by atoms with Gasteiger partial charge in [0.1, 0.15) is 5.75 Å². The molecule has 2 heterocycles. The molecule has 3 nitrogen and oxygen atoms in total. The topological polar surface area (TPSA) is 35.5 Å². The minimum Gasteiger partial charge on any atom is -0.508 e. The van der Waals surface area contributed by atoms with Crippen LogP contribution < -0.4 is 5.43 Å². The van der Waals surface area contributed by atoms with Crippen LogP contribution in [0, 0.1) is 0 Å². The first-order valence-corrected chi connectivity index (χ1v) is 5.25. The van der Waals surface area contributed by atoms with Crippen molar-refractivity contribution in [2.24, 2.45) is 0 Å². The quantitative estimate of drug-likeness (QED) is 0.747. The lowest BCUT2D eigenvalue weighted by molar-refractivity contribution is 0.351. The van der Waals surface area contributed by atoms with Crippen molar-refractivity contribution in [2.75, 3.05) is 6.54 Å². The van der Waals surface area contributed by atoms with E-state index in [4.69, 9.17) is 0 Å². The molecule has 0 radical (unpaired) electrons. The number of fused-ring (bicyclic) bond motifs is 1. The van der Waals surface area contributed by atoms with Gasteiger partial charge in [-0.1, -0.05) is 12.2 Å². The van der Waals surface area contributed by atoms with Crippen LogP contribution in [-0.4, -0.2) is 16.7 Å². The molecule has 2 aliphatic heterocycles. The summed E-state index contributed by atoms with van der Waals surface area (Å²) in [5.41, 5.74) is 6.64. The van der Waals surface area contributed by atoms with Crippen molar-refractivity contribution < 1.29 is 5.11 Å². The van der Waals surface area contributed by atoms with E-state index in [1.165, 1.54) is 5.70 Å². The van der Waals surface area contributed by atoms with Gasteiger partial charge in [0.05, 0.1) is 17.9 Å². The monoisotopic (exact) mass is 212 g/mol. The van der Waals surface area contributed by atoms with Gasteiger partial charge in [-0.05, 0) is 42.0 Å². The highest BCUT2D eigenvalue weighted by molar-refractivity contribution is 5.69. The normalized spacial score (nSPS) is 17.6. The van der Waals surface area contributed by atoms with Crippen LogP contribution in [-0.2, 0) is 0 Å². The number of aromatic hydroxyl groups is 1. The molecule has 2 aliphatic rings. The number of nitrogens with zero attached hydrogens (tertiary/aromatic N) is 1. The number of phenolic OH excluding ortho intramolecular Hbond substituents is 1. The fourth-order valence-electron chi connectivity index (χ4n) is 1.88. The zero-order valence-electron chi connectivity index (χ0n) is 8.72. The van der Waals surface area contributed by atoms with Crippen molar-refractivity contribution in [3.8, 4) is 5.75 Å². The minimum absolute atomic E-state index is 0.293. The molecule has 80 valence electrons. The molecule has 0 aliphatic carbocycles. The summed E-state index contributed by atoms with van der Waals surface area (Å²) < 4.78 is 0. The van der Waals surface area contributed by atoms with Gasteiger partial charge in [-0.3, -0.25) is 10.4 Å². The summed E-state index contributed by atoms with van der Waals surface area (Å²) in [7, 11) is 0. The number of hydrogen-bond donors (Lipinski definition) is 2. The third-order valence-corrected chi connectivity index (χ3v) is 2.73. The van der Waals surface area contributed by atoms with Gasteiger partial charge >= 0.3 is 0 Å². The molecule has 3 rings (SSSR count). The van der Waals surface area contributed by atoms with Crippen LogP contribution in [0.25, 0.3) is 5.70 Å². The van der Waals surface area contributed by atoms with Gasteiger partial charge in [-0.2, -0.15) is 0 Å². The molecule has 0 atom stereocenters. The summed E-state index contributed by atoms with van der Waals surface area (Å²) in [6.07, 6.45) is 8.34. The molecule has 0 saturated carbocycles. The summed E-state index contributed by atoms with van der Waals surface area (Å²) in [4.78, 5) is 0. The third-order valence-electron chi connectivity index (χ3n) is 2.73. The Morgan fingerprint density at radius 3 is 2.75 bits per heavy atom. The van der Waals surface area contributed by atoms with Crippen LogP contribution >= 0.6 is 0 Å². The third kappa shape index (κ3) is 1.46. The Labute approximate surface area is 94.0 Å². The zero-order valence-corrected chi connectivity index (χ0v) is 8.72. The highest BCUT2D eigenvalue weighted by Gasteiger charge is 2.18. The molecule has 0 amide bonds. The lowest BCUT2D eigenvalue weighted by atomic mass is 10.1. The van der Waals surface area contributed by atoms with E-state index in [1.807, 2.05) is 12.1 Å². The molecular weight excluding hydrogens is 200 g/mol. The van der Waals surface area contributed by atoms with Gasteiger partial charge in [0.2, 0.25) is 0 Å². The molecule has 1 aromatic rings. The van der Waals surface area contributed by atoms with Crippen molar-refractivity contribution in [2.45, 2.75) is 0 Å². The number of hydrazine groups is 1. The van der Waals surface area contributed by atoms with Crippen LogP contribution in [0.15, 0.2) is 54.3 Å². The Hall–Kier alpha value is -2.16. The summed E-state index contributed by atoms with van der Waals surface area (Å²) in [5, 5.41) is 11.3. The molecule has 0 spiro atoms. The van der Waals surface area contributed by atoms with Gasteiger partial charge in [-0.15, -0.1) is 0 Å². The van der Waals surface area contributed by atoms with E-state index in [0.717, 1.165) is 17.8 Å². The van der Waals surface area contributed by atoms with Gasteiger partial charge in [-0.25, -0.2) is 0 Å². The smallest absolute Gasteiger partial charge is 0.115 e. The highest BCUT2D eigenvalue weighted by atomic mass is 16.3. The molecule has 0 aromatic heterocycles. The van der Waals surface area contributed by atoms with E-state index in [0.29, 0.717) is 5.75 Å². The van der Waals surface area contributed by atoms with E-state index in [9.17, 15) is 5.11 Å². The van der Waals surface area contributed by atoms with Gasteiger partial charge in [0, 0.05) is 0 Å². The van der Waals surface area contributed by atoms with E-state index in [-0.39, 0.29) is 0 Å². The maximum atomic E-state index is 9.23. The molecule has 16 heavy (non-hydrogen) atoms. The highest BCUT2D eigenvalue weighted by Crippen LogP contribution is 2.25. The number of hydrogen-bond acceptors (Lipinski definition) is 3. The van der Waals surface area contributed by atoms with Crippen LogP contribution in [0.2, 0.25) is 0 Å². The SMILES string of the molecule is Oc1ccc(C2=CC3=CC=CCN3N2)cc1. The molecule has 0 unspecified atom stereocenters. The molecule has 2 N–H and O–H groups in total. The van der Waals surface area contributed by atoms with Crippen molar-refractivity contribution >= 4 is 5.70 Å². The first-order valence-electron chi connectivity index (χ1n) is 5.25. The number of benzene rings is 1. The van der Waals surface area contributed by atoms with Gasteiger partial charge < -0.3 is 5.11 Å². The molecule has 1 aromatic carbocycles. The lowest BCUT2D eigenvalue weighted by Gasteiger charge is -2.21. The van der Waals surface area contributed by atoms with Gasteiger partial charge in [0.15, 0.2) is 0 Å². The van der Waals surface area contributed by atoms with Gasteiger partial charge in [0.25, 0.3) is 0 Å². The van der Waals surface area contributed by atoms with Crippen LogP contribution in [0.5, 0.6) is 5.75 Å². The molecular formula is C13H12N2O. The Bertz CT molecular complexity index is 497. The summed E-state index contributed by atoms with van der Waals surface area (Å²) in [5.74, 6) is 0.293. The lowest BCUT2D eigenvalue weighted by Crippen LogP contribution is -2.31. The van der Waals surface area contributed by atoms with E-state index < -0.39 is 0 Å². The second-order valence-electron chi connectivity index (χ2n) is 3.85. The summed E-state index contributed by atoms with van der Waals surface area (Å²) in [6.45, 7) is 0.879. The number of rotatable bonds is 1. The van der Waals surface area contributed by atoms with Crippen molar-refractivity contribution in [1.29, 1.82) is 0 Å². The zero-order chi connectivity index (χ0) is 11.0. The van der Waals surface area contributed by atoms with E-state index >= 15 is 0 Å². The average molecular weight is 212 g/mol. The Kier molecular flexibility index (Phi) is 1.96. The Balaban J connectivity index is 1.93. The minimum atomic E-state index is 0.293. The first-order chi connectivity index (χ1) is 7.83. The number of allylic oxidation sites excluding steroid dienone is 3. The maximum Gasteiger partial charge on any atom is 0.115 e. The van der Waals surface area contributed by atoms with E-state index in [2.05, 4.69) is 34.7 Å². The fraction of sp³-hybridized carbons (Fsp3) is 0.0769. The summed E-state index contributed by atoms with van der Waals surface area (Å²) >= 11 is 0. The molecule has 0 bridgehead atoms. The van der Waals surface area contributed by atoms with Crippen molar-refractivity contribution in [3.05, 3.63) is 59.8 Å². The Morgan fingerprint density at radius 2 is 2.00 bits per heavy atom. The van der Waals surface area contributed by atoms with Crippen molar-refractivity contribution in [1.82, 2.24) is 10.4 Å². The van der Waals surface area contributed by atoms with E-state index in [1.54, 1.807) is 12.1 Å². The second-order valence-corrected chi connectivity index (χ2v) is 3.85. The van der Waals surface area contributed by atoms with Crippen LogP contribution in [0.4, 0.5) is 0 Å². The maximum absolute atomic E-state index is 9.23. The van der Waals surface area contributed by atoms with Crippen LogP contribution in [0.3, 0.4) is 0 Å². The van der Waals surface area contributed by atoms with Crippen LogP contribution in [0.1, 0.15) is 5.56 Å².